The molecule has 0 amide bonds. The summed E-state index contributed by atoms with van der Waals surface area (Å²) >= 11 is 0. The number of nitrogens with zero attached hydrogens (tertiary/aromatic N) is 1. The second kappa shape index (κ2) is 7.99. The van der Waals surface area contributed by atoms with Gasteiger partial charge in [0.15, 0.2) is 11.5 Å². The van der Waals surface area contributed by atoms with E-state index >= 15 is 0 Å². The molecule has 0 radical (unpaired) electrons. The largest absolute Gasteiger partial charge is 0.407 e. The molecule has 3 aliphatic carbocycles. The maximum absolute atomic E-state index is 11.5. The van der Waals surface area contributed by atoms with Crippen LogP contribution in [-0.2, 0) is 9.63 Å². The van der Waals surface area contributed by atoms with E-state index in [4.69, 9.17) is 16.3 Å². The highest BCUT2D eigenvalue weighted by Gasteiger charge is 2.31. The lowest BCUT2D eigenvalue weighted by molar-refractivity contribution is -0.115. The molecule has 0 aliphatic heterocycles. The van der Waals surface area contributed by atoms with Crippen LogP contribution in [0.1, 0.15) is 57.8 Å². The van der Waals surface area contributed by atoms with Crippen molar-refractivity contribution in [2.75, 3.05) is 0 Å². The highest BCUT2D eigenvalue weighted by molar-refractivity contribution is 5.97. The molecule has 0 unspecified atom stereocenters. The molecule has 0 spiro atoms. The van der Waals surface area contributed by atoms with Gasteiger partial charge in [0.2, 0.25) is 0 Å². The average molecular weight is 348 g/mol. The van der Waals surface area contributed by atoms with Gasteiger partial charge in [-0.25, -0.2) is 0 Å². The average Bonchev–Trinajstić information content (AvgIpc) is 2.66. The van der Waals surface area contributed by atoms with E-state index in [1.165, 1.54) is 12.8 Å². The summed E-state index contributed by atoms with van der Waals surface area (Å²) in [5.41, 5.74) is 14.9. The van der Waals surface area contributed by atoms with Crippen molar-refractivity contribution < 1.29 is 9.63 Å². The second-order valence-corrected chi connectivity index (χ2v) is 7.53. The van der Waals surface area contributed by atoms with Crippen LogP contribution >= 0.6 is 0 Å². The molecular formula is C18H28N4O3. The number of hydroxylamine groups is 1. The first-order valence-corrected chi connectivity index (χ1v) is 9.32. The molecule has 3 aliphatic rings. The fraction of sp³-hybridized carbons (Fsp3) is 0.722. The summed E-state index contributed by atoms with van der Waals surface area (Å²) in [4.78, 5) is 27.7. The van der Waals surface area contributed by atoms with E-state index in [1.807, 2.05) is 0 Å². The van der Waals surface area contributed by atoms with Gasteiger partial charge in [0.05, 0.1) is 6.04 Å². The van der Waals surface area contributed by atoms with Crippen LogP contribution in [0, 0.1) is 16.7 Å². The monoisotopic (exact) mass is 348 g/mol. The van der Waals surface area contributed by atoms with Gasteiger partial charge in [-0.15, -0.1) is 0 Å². The molecule has 5 N–H and O–H groups in total. The zero-order chi connectivity index (χ0) is 17.8. The Labute approximate surface area is 148 Å². The number of carbonyl (C=O) groups excluding carboxylic acids is 1. The lowest BCUT2D eigenvalue weighted by atomic mass is 9.72. The molecule has 0 atom stereocenters. The van der Waals surface area contributed by atoms with Crippen molar-refractivity contribution >= 4 is 5.78 Å². The molecule has 0 heterocycles. The van der Waals surface area contributed by atoms with Gasteiger partial charge in [-0.05, 0) is 69.3 Å². The quantitative estimate of drug-likeness (QED) is 0.518. The summed E-state index contributed by atoms with van der Waals surface area (Å²) in [6.45, 7) is 0. The summed E-state index contributed by atoms with van der Waals surface area (Å²) in [7, 11) is 0. The normalized spacial score (nSPS) is 33.8. The first-order chi connectivity index (χ1) is 12.1. The van der Waals surface area contributed by atoms with Crippen molar-refractivity contribution in [2.45, 2.75) is 69.9 Å². The summed E-state index contributed by atoms with van der Waals surface area (Å²) in [6.07, 6.45) is 10.6. The van der Waals surface area contributed by atoms with Gasteiger partial charge < -0.3 is 16.3 Å². The predicted octanol–water partition coefficient (Wildman–Crippen LogP) is 2.38. The minimum absolute atomic E-state index is 0.0456. The highest BCUT2D eigenvalue weighted by Crippen LogP contribution is 2.39. The SMILES string of the molecule is NC1=C(N)C(ONC2CCC(C3CCC(N=O)CC3)CC2)=CCC1=O. The molecule has 7 nitrogen and oxygen atoms in total. The third kappa shape index (κ3) is 4.21. The molecular weight excluding hydrogens is 320 g/mol. The van der Waals surface area contributed by atoms with Gasteiger partial charge in [0, 0.05) is 12.5 Å². The third-order valence-electron chi connectivity index (χ3n) is 5.99. The Morgan fingerprint density at radius 1 is 0.960 bits per heavy atom. The van der Waals surface area contributed by atoms with Crippen molar-refractivity contribution in [3.05, 3.63) is 28.1 Å². The van der Waals surface area contributed by atoms with Crippen molar-refractivity contribution in [2.24, 2.45) is 28.5 Å². The van der Waals surface area contributed by atoms with Crippen molar-refractivity contribution in [1.82, 2.24) is 5.48 Å². The van der Waals surface area contributed by atoms with Crippen LogP contribution in [0.15, 0.2) is 28.4 Å². The van der Waals surface area contributed by atoms with E-state index < -0.39 is 0 Å². The number of nitrogens with two attached hydrogens (primary N) is 2. The summed E-state index contributed by atoms with van der Waals surface area (Å²) in [5, 5.41) is 3.20. The Bertz CT molecular complexity index is 571. The van der Waals surface area contributed by atoms with Gasteiger partial charge in [-0.2, -0.15) is 10.4 Å². The third-order valence-corrected chi connectivity index (χ3v) is 5.99. The first kappa shape index (κ1) is 17.9. The Morgan fingerprint density at radius 3 is 2.16 bits per heavy atom. The Morgan fingerprint density at radius 2 is 1.56 bits per heavy atom. The molecule has 25 heavy (non-hydrogen) atoms. The Kier molecular flexibility index (Phi) is 5.73. The van der Waals surface area contributed by atoms with Crippen LogP contribution < -0.4 is 16.9 Å². The van der Waals surface area contributed by atoms with E-state index in [1.54, 1.807) is 6.08 Å². The van der Waals surface area contributed by atoms with E-state index in [0.29, 0.717) is 5.76 Å². The van der Waals surface area contributed by atoms with Crippen molar-refractivity contribution in [3.8, 4) is 0 Å². The van der Waals surface area contributed by atoms with Crippen LogP contribution in [0.4, 0.5) is 0 Å². The number of allylic oxidation sites excluding steroid dienone is 2. The van der Waals surface area contributed by atoms with Gasteiger partial charge in [-0.1, -0.05) is 5.18 Å². The molecule has 2 saturated carbocycles. The lowest BCUT2D eigenvalue weighted by Crippen LogP contribution is -2.36. The number of hydrogen-bond acceptors (Lipinski definition) is 7. The van der Waals surface area contributed by atoms with Crippen LogP contribution in [0.2, 0.25) is 0 Å². The molecule has 2 fully saturated rings. The fourth-order valence-electron chi connectivity index (χ4n) is 4.32. The minimum atomic E-state index is -0.162. The Balaban J connectivity index is 1.41. The number of hydrogen-bond donors (Lipinski definition) is 3. The number of nitrogens with one attached hydrogen (secondary N) is 1. The minimum Gasteiger partial charge on any atom is -0.407 e. The van der Waals surface area contributed by atoms with Gasteiger partial charge in [0.1, 0.15) is 11.4 Å². The summed E-state index contributed by atoms with van der Waals surface area (Å²) in [6, 6.07) is 0.334. The van der Waals surface area contributed by atoms with Gasteiger partial charge in [-0.3, -0.25) is 4.79 Å². The zero-order valence-electron chi connectivity index (χ0n) is 14.6. The highest BCUT2D eigenvalue weighted by atomic mass is 16.6. The Hall–Kier alpha value is -1.89. The number of carbonyl (C=O) groups is 1. The lowest BCUT2D eigenvalue weighted by Gasteiger charge is -2.36. The van der Waals surface area contributed by atoms with E-state index in [0.717, 1.165) is 50.4 Å². The van der Waals surface area contributed by atoms with Crippen molar-refractivity contribution in [1.29, 1.82) is 0 Å². The van der Waals surface area contributed by atoms with E-state index in [-0.39, 0.29) is 35.7 Å². The molecule has 3 rings (SSSR count). The van der Waals surface area contributed by atoms with Crippen molar-refractivity contribution in [3.63, 3.8) is 0 Å². The standard InChI is InChI=1S/C18H28N4O3/c19-17-15(23)9-10-16(18(17)20)25-22-14-7-3-12(4-8-14)11-1-5-13(21-24)6-2-11/h10-14,22H,1-9,19-20H2. The second-order valence-electron chi connectivity index (χ2n) is 7.53. The van der Waals surface area contributed by atoms with E-state index in [9.17, 15) is 9.70 Å². The molecule has 0 saturated heterocycles. The number of ketones is 1. The van der Waals surface area contributed by atoms with Gasteiger partial charge >= 0.3 is 0 Å². The first-order valence-electron chi connectivity index (χ1n) is 9.32. The fourth-order valence-corrected chi connectivity index (χ4v) is 4.32. The molecule has 138 valence electrons. The molecule has 0 aromatic heterocycles. The maximum atomic E-state index is 11.5. The predicted molar refractivity (Wildman–Crippen MR) is 94.6 cm³/mol. The molecule has 0 bridgehead atoms. The number of Topliss-reactive ketones (excluding diaryl/α,β-unsaturated/α-hetero) is 1. The van der Waals surface area contributed by atoms with Crippen LogP contribution in [0.3, 0.4) is 0 Å². The number of rotatable bonds is 5. The van der Waals surface area contributed by atoms with Crippen LogP contribution in [0.5, 0.6) is 0 Å². The zero-order valence-corrected chi connectivity index (χ0v) is 14.6. The summed E-state index contributed by atoms with van der Waals surface area (Å²) < 4.78 is 0. The van der Waals surface area contributed by atoms with Crippen LogP contribution in [-0.4, -0.2) is 17.9 Å². The molecule has 0 aromatic carbocycles. The number of nitroso groups, excluding NO2 is 1. The summed E-state index contributed by atoms with van der Waals surface area (Å²) in [5.74, 6) is 1.78. The topological polar surface area (TPSA) is 120 Å². The van der Waals surface area contributed by atoms with Crippen LogP contribution in [0.25, 0.3) is 0 Å². The molecule has 0 aromatic rings. The maximum Gasteiger partial charge on any atom is 0.184 e. The smallest absolute Gasteiger partial charge is 0.184 e. The van der Waals surface area contributed by atoms with Gasteiger partial charge in [0.25, 0.3) is 0 Å². The van der Waals surface area contributed by atoms with E-state index in [2.05, 4.69) is 10.7 Å². The molecule has 7 heteroatoms.